The number of carbonyl (C=O) groups is 2. The number of aliphatic hydroxyl groups is 2. The van der Waals surface area contributed by atoms with Crippen molar-refractivity contribution in [3.8, 4) is 0 Å². The van der Waals surface area contributed by atoms with Crippen molar-refractivity contribution in [2.45, 2.75) is 50.6 Å². The van der Waals surface area contributed by atoms with Crippen LogP contribution in [0.2, 0.25) is 0 Å². The molecule has 0 amide bonds. The van der Waals surface area contributed by atoms with Gasteiger partial charge in [-0.05, 0) is 43.3 Å². The van der Waals surface area contributed by atoms with Gasteiger partial charge in [0, 0.05) is 25.4 Å². The van der Waals surface area contributed by atoms with E-state index in [2.05, 4.69) is 0 Å². The second-order valence-electron chi connectivity index (χ2n) is 8.07. The second-order valence-corrected chi connectivity index (χ2v) is 10.4. The minimum Gasteiger partial charge on any atom is -0.462 e. The Labute approximate surface area is 194 Å². The zero-order valence-corrected chi connectivity index (χ0v) is 19.9. The first-order chi connectivity index (χ1) is 14.9. The van der Waals surface area contributed by atoms with Crippen LogP contribution in [-0.4, -0.2) is 63.3 Å². The summed E-state index contributed by atoms with van der Waals surface area (Å²) in [5.74, 6) is 1.82. The molecule has 1 aliphatic carbocycles. The molecule has 4 unspecified atom stereocenters. The van der Waals surface area contributed by atoms with Gasteiger partial charge in [-0.2, -0.15) is 11.8 Å². The average Bonchev–Trinajstić information content (AvgIpc) is 3.03. The molecule has 172 valence electrons. The van der Waals surface area contributed by atoms with Gasteiger partial charge in [0.15, 0.2) is 0 Å². The number of esters is 1. The van der Waals surface area contributed by atoms with Gasteiger partial charge < -0.3 is 14.9 Å². The summed E-state index contributed by atoms with van der Waals surface area (Å²) >= 11 is 3.17. The lowest BCUT2D eigenvalue weighted by molar-refractivity contribution is -0.144. The molecule has 1 aromatic rings. The summed E-state index contributed by atoms with van der Waals surface area (Å²) in [6, 6.07) is 9.79. The van der Waals surface area contributed by atoms with Crippen molar-refractivity contribution in [3.05, 3.63) is 48.0 Å². The fraction of sp³-hybridized carbons (Fsp3) is 0.583. The Balaban J connectivity index is 1.79. The summed E-state index contributed by atoms with van der Waals surface area (Å²) in [5, 5.41) is 19.9. The maximum absolute atomic E-state index is 12.5. The normalized spacial score (nSPS) is 22.4. The number of hydrogen-bond donors (Lipinski definition) is 2. The van der Waals surface area contributed by atoms with Crippen LogP contribution in [-0.2, 0) is 20.7 Å². The van der Waals surface area contributed by atoms with E-state index in [-0.39, 0.29) is 41.5 Å². The number of allylic oxidation sites excluding steroid dienone is 1. The third kappa shape index (κ3) is 9.39. The third-order valence-corrected chi connectivity index (χ3v) is 7.55. The molecule has 0 heterocycles. The van der Waals surface area contributed by atoms with Crippen molar-refractivity contribution in [2.24, 2.45) is 11.8 Å². The largest absolute Gasteiger partial charge is 0.462 e. The quantitative estimate of drug-likeness (QED) is 0.261. The summed E-state index contributed by atoms with van der Waals surface area (Å²) in [4.78, 5) is 24.1. The summed E-state index contributed by atoms with van der Waals surface area (Å²) in [6.07, 6.45) is 4.78. The van der Waals surface area contributed by atoms with Crippen LogP contribution in [0.25, 0.3) is 0 Å². The molecule has 2 N–H and O–H groups in total. The fourth-order valence-corrected chi connectivity index (χ4v) is 5.92. The summed E-state index contributed by atoms with van der Waals surface area (Å²) in [5.41, 5.74) is 1.06. The molecule has 0 aliphatic heterocycles. The highest BCUT2D eigenvalue weighted by Gasteiger charge is 2.40. The summed E-state index contributed by atoms with van der Waals surface area (Å²) in [6.45, 7) is 3.65. The highest BCUT2D eigenvalue weighted by atomic mass is 32.2. The van der Waals surface area contributed by atoms with Crippen LogP contribution in [0.3, 0.4) is 0 Å². The molecular weight excluding hydrogens is 432 g/mol. The molecule has 31 heavy (non-hydrogen) atoms. The Morgan fingerprint density at radius 3 is 2.68 bits per heavy atom. The van der Waals surface area contributed by atoms with Crippen molar-refractivity contribution in [2.75, 3.05) is 23.9 Å². The molecule has 4 atom stereocenters. The molecular formula is C24H34O5S2. The predicted molar refractivity (Wildman–Crippen MR) is 128 cm³/mol. The number of thioether (sulfide) groups is 2. The minimum absolute atomic E-state index is 0.0274. The first kappa shape index (κ1) is 26.0. The minimum atomic E-state index is -0.620. The van der Waals surface area contributed by atoms with E-state index in [1.54, 1.807) is 29.6 Å². The standard InChI is InChI=1S/C24H34O5S2/c1-17(2)29-23(28)16-30-11-6-12-31-24-21(19(15-25)14-22(24)27)10-9-20(26)13-18-7-4-3-5-8-18/h3-5,7-10,17,19-21,24-26H,6,11-16H2,1-2H3/b10-9+. The van der Waals surface area contributed by atoms with E-state index < -0.39 is 6.10 Å². The average molecular weight is 467 g/mol. The molecule has 7 heteroatoms. The Bertz CT molecular complexity index is 707. The Kier molecular flexibility index (Phi) is 11.7. The van der Waals surface area contributed by atoms with Crippen molar-refractivity contribution in [1.82, 2.24) is 0 Å². The first-order valence-corrected chi connectivity index (χ1v) is 13.0. The lowest BCUT2D eigenvalue weighted by Gasteiger charge is -2.19. The monoisotopic (exact) mass is 466 g/mol. The van der Waals surface area contributed by atoms with Crippen molar-refractivity contribution < 1.29 is 24.5 Å². The van der Waals surface area contributed by atoms with Crippen LogP contribution < -0.4 is 0 Å². The molecule has 1 aromatic carbocycles. The van der Waals surface area contributed by atoms with Crippen LogP contribution >= 0.6 is 23.5 Å². The van der Waals surface area contributed by atoms with Crippen molar-refractivity contribution in [1.29, 1.82) is 0 Å². The molecule has 1 aliphatic rings. The predicted octanol–water partition coefficient (Wildman–Crippen LogP) is 3.52. The molecule has 1 fully saturated rings. The number of Topliss-reactive ketones (excluding diaryl/α,β-unsaturated/α-hetero) is 1. The molecule has 1 saturated carbocycles. The first-order valence-electron chi connectivity index (χ1n) is 10.8. The van der Waals surface area contributed by atoms with Gasteiger partial charge in [0.2, 0.25) is 0 Å². The fourth-order valence-electron chi connectivity index (χ4n) is 3.62. The number of ether oxygens (including phenoxy) is 1. The van der Waals surface area contributed by atoms with Gasteiger partial charge in [0.05, 0.1) is 23.2 Å². The van der Waals surface area contributed by atoms with Crippen LogP contribution in [0, 0.1) is 11.8 Å². The van der Waals surface area contributed by atoms with Gasteiger partial charge in [-0.1, -0.05) is 42.5 Å². The molecule has 5 nitrogen and oxygen atoms in total. The number of carbonyl (C=O) groups excluding carboxylic acids is 2. The lowest BCUT2D eigenvalue weighted by Crippen LogP contribution is -2.21. The molecule has 2 rings (SSSR count). The molecule has 0 spiro atoms. The number of benzene rings is 1. The lowest BCUT2D eigenvalue weighted by atomic mass is 9.95. The van der Waals surface area contributed by atoms with E-state index in [0.717, 1.165) is 23.5 Å². The van der Waals surface area contributed by atoms with Gasteiger partial charge in [0.25, 0.3) is 0 Å². The SMILES string of the molecule is CC(C)OC(=O)CSCCCSC1C(=O)CC(CO)C1/C=C/C(O)Cc1ccccc1. The van der Waals surface area contributed by atoms with Crippen molar-refractivity contribution >= 4 is 35.3 Å². The van der Waals surface area contributed by atoms with Crippen LogP contribution in [0.4, 0.5) is 0 Å². The van der Waals surface area contributed by atoms with Crippen LogP contribution in [0.15, 0.2) is 42.5 Å². The van der Waals surface area contributed by atoms with Crippen molar-refractivity contribution in [3.63, 3.8) is 0 Å². The van der Waals surface area contributed by atoms with Gasteiger partial charge in [-0.15, -0.1) is 11.8 Å². The van der Waals surface area contributed by atoms with E-state index in [9.17, 15) is 19.8 Å². The van der Waals surface area contributed by atoms with E-state index in [4.69, 9.17) is 4.74 Å². The Morgan fingerprint density at radius 2 is 2.00 bits per heavy atom. The number of hydrogen-bond acceptors (Lipinski definition) is 7. The zero-order chi connectivity index (χ0) is 22.6. The molecule has 0 saturated heterocycles. The maximum Gasteiger partial charge on any atom is 0.316 e. The zero-order valence-electron chi connectivity index (χ0n) is 18.3. The topological polar surface area (TPSA) is 83.8 Å². The smallest absolute Gasteiger partial charge is 0.316 e. The summed E-state index contributed by atoms with van der Waals surface area (Å²) < 4.78 is 5.11. The van der Waals surface area contributed by atoms with E-state index >= 15 is 0 Å². The highest BCUT2D eigenvalue weighted by Crippen LogP contribution is 2.38. The molecule has 0 aromatic heterocycles. The Morgan fingerprint density at radius 1 is 1.26 bits per heavy atom. The second kappa shape index (κ2) is 14.0. The van der Waals surface area contributed by atoms with Gasteiger partial charge >= 0.3 is 5.97 Å². The third-order valence-electron chi connectivity index (χ3n) is 5.07. The number of ketones is 1. The maximum atomic E-state index is 12.5. The van der Waals surface area contributed by atoms with Crippen LogP contribution in [0.5, 0.6) is 0 Å². The van der Waals surface area contributed by atoms with Gasteiger partial charge in [-0.25, -0.2) is 0 Å². The Hall–Kier alpha value is -1.28. The highest BCUT2D eigenvalue weighted by molar-refractivity contribution is 8.01. The van der Waals surface area contributed by atoms with Gasteiger partial charge in [-0.3, -0.25) is 9.59 Å². The number of aliphatic hydroxyl groups excluding tert-OH is 2. The van der Waals surface area contributed by atoms with Gasteiger partial charge in [0.1, 0.15) is 5.78 Å². The van der Waals surface area contributed by atoms with E-state index in [1.807, 2.05) is 50.3 Å². The summed E-state index contributed by atoms with van der Waals surface area (Å²) in [7, 11) is 0. The molecule has 0 bridgehead atoms. The van der Waals surface area contributed by atoms with Crippen LogP contribution in [0.1, 0.15) is 32.3 Å². The van der Waals surface area contributed by atoms with E-state index in [0.29, 0.717) is 18.6 Å². The van der Waals surface area contributed by atoms with E-state index in [1.165, 1.54) is 0 Å². The molecule has 0 radical (unpaired) electrons. The number of rotatable bonds is 13.